The maximum Gasteiger partial charge on any atom is 0.319 e. The lowest BCUT2D eigenvalue weighted by molar-refractivity contribution is -0.164. The fourth-order valence-electron chi connectivity index (χ4n) is 7.37. The number of carbonyl (C=O) groups is 1. The third-order valence-corrected chi connectivity index (χ3v) is 9.65. The van der Waals surface area contributed by atoms with E-state index >= 15 is 4.39 Å². The third-order valence-electron chi connectivity index (χ3n) is 9.35. The van der Waals surface area contributed by atoms with Gasteiger partial charge >= 0.3 is 6.01 Å². The lowest BCUT2D eigenvalue weighted by atomic mass is 9.96. The monoisotopic (exact) mass is 649 g/mol. The van der Waals surface area contributed by atoms with Crippen molar-refractivity contribution in [2.75, 3.05) is 37.8 Å². The number of nitrogens with zero attached hydrogens (tertiary/aromatic N) is 4. The highest BCUT2D eigenvalue weighted by atomic mass is 35.5. The lowest BCUT2D eigenvalue weighted by Crippen LogP contribution is -2.55. The van der Waals surface area contributed by atoms with Crippen LogP contribution in [-0.4, -0.2) is 89.8 Å². The van der Waals surface area contributed by atoms with Gasteiger partial charge in [0, 0.05) is 54.6 Å². The molecule has 3 saturated heterocycles. The molecule has 10 nitrogen and oxygen atoms in total. The molecule has 3 aromatic carbocycles. The topological polar surface area (TPSA) is 109 Å². The Morgan fingerprint density at radius 1 is 1.11 bits per heavy atom. The van der Waals surface area contributed by atoms with Gasteiger partial charge in [-0.15, -0.1) is 0 Å². The molecule has 4 aromatic rings. The Morgan fingerprint density at radius 2 is 1.85 bits per heavy atom. The van der Waals surface area contributed by atoms with Crippen LogP contribution in [0.5, 0.6) is 11.8 Å². The number of aromatic nitrogens is 2. The van der Waals surface area contributed by atoms with Crippen molar-refractivity contribution in [2.24, 2.45) is 0 Å². The molecule has 46 heavy (non-hydrogen) atoms. The van der Waals surface area contributed by atoms with E-state index in [-0.39, 0.29) is 46.6 Å². The van der Waals surface area contributed by atoms with Crippen molar-refractivity contribution in [1.82, 2.24) is 20.2 Å². The van der Waals surface area contributed by atoms with Crippen molar-refractivity contribution in [3.63, 3.8) is 0 Å². The molecule has 0 spiro atoms. The van der Waals surface area contributed by atoms with Crippen LogP contribution in [0.15, 0.2) is 42.5 Å². The van der Waals surface area contributed by atoms with Gasteiger partial charge in [-0.05, 0) is 61.2 Å². The van der Waals surface area contributed by atoms with Gasteiger partial charge in [0.25, 0.3) is 6.47 Å². The average molecular weight is 650 g/mol. The number of phenols is 1. The summed E-state index contributed by atoms with van der Waals surface area (Å²) in [4.78, 5) is 25.1. The van der Waals surface area contributed by atoms with E-state index in [0.717, 1.165) is 23.6 Å². The summed E-state index contributed by atoms with van der Waals surface area (Å²) in [7, 11) is 0. The summed E-state index contributed by atoms with van der Waals surface area (Å²) in [6.07, 6.45) is 1.95. The van der Waals surface area contributed by atoms with Gasteiger partial charge in [-0.2, -0.15) is 9.97 Å². The summed E-state index contributed by atoms with van der Waals surface area (Å²) in [5.74, 6) is -0.0606. The van der Waals surface area contributed by atoms with Crippen molar-refractivity contribution in [2.45, 2.75) is 63.5 Å². The first-order valence-electron chi connectivity index (χ1n) is 15.8. The van der Waals surface area contributed by atoms with E-state index in [2.05, 4.69) is 20.1 Å². The Hall–Kier alpha value is -3.77. The predicted molar refractivity (Wildman–Crippen MR) is 174 cm³/mol. The molecule has 12 heteroatoms. The number of hydrogen-bond acceptors (Lipinski definition) is 10. The van der Waals surface area contributed by atoms with Crippen LogP contribution in [0, 0.1) is 5.82 Å². The molecule has 3 fully saturated rings. The molecule has 2 bridgehead atoms. The zero-order valence-corrected chi connectivity index (χ0v) is 26.5. The van der Waals surface area contributed by atoms with Gasteiger partial charge < -0.3 is 29.5 Å². The minimum Gasteiger partial charge on any atom is -0.508 e. The van der Waals surface area contributed by atoms with Crippen LogP contribution >= 0.6 is 11.6 Å². The molecule has 242 valence electrons. The number of hydrogen-bond donors (Lipinski definition) is 2. The van der Waals surface area contributed by atoms with Crippen LogP contribution in [0.25, 0.3) is 32.8 Å². The Labute approximate surface area is 271 Å². The number of rotatable bonds is 9. The third kappa shape index (κ3) is 5.81. The Morgan fingerprint density at radius 3 is 2.59 bits per heavy atom. The number of ether oxygens (including phenoxy) is 3. The van der Waals surface area contributed by atoms with E-state index in [0.29, 0.717) is 68.0 Å². The number of halogens is 2. The highest BCUT2D eigenvalue weighted by Gasteiger charge is 2.35. The summed E-state index contributed by atoms with van der Waals surface area (Å²) in [6, 6.07) is 13.1. The first-order chi connectivity index (χ1) is 22.3. The van der Waals surface area contributed by atoms with Gasteiger partial charge in [-0.3, -0.25) is 9.69 Å². The SMILES string of the molecule is C[C@H]1COC[C@H](C)N1C(CCOc1nc(N2CC3CCC(C2)N3)c2cc(Cl)c(-c3cc(O)cc4ccccc34)c(F)c2n1)OC=O. The highest BCUT2D eigenvalue weighted by Crippen LogP contribution is 2.43. The molecule has 3 aliphatic rings. The number of fused-ring (bicyclic) bond motifs is 4. The fraction of sp³-hybridized carbons (Fsp3) is 0.441. The molecule has 0 saturated carbocycles. The molecular formula is C34H37ClFN5O5. The van der Waals surface area contributed by atoms with Gasteiger partial charge in [-0.25, -0.2) is 4.39 Å². The zero-order chi connectivity index (χ0) is 31.9. The predicted octanol–water partition coefficient (Wildman–Crippen LogP) is 5.27. The van der Waals surface area contributed by atoms with Crippen LogP contribution in [0.2, 0.25) is 5.02 Å². The van der Waals surface area contributed by atoms with Crippen molar-refractivity contribution < 1.29 is 28.5 Å². The molecule has 2 N–H and O–H groups in total. The normalized spacial score (nSPS) is 24.0. The fourth-order valence-corrected chi connectivity index (χ4v) is 7.66. The van der Waals surface area contributed by atoms with Crippen molar-refractivity contribution in [1.29, 1.82) is 0 Å². The van der Waals surface area contributed by atoms with E-state index in [1.807, 2.05) is 38.1 Å². The quantitative estimate of drug-likeness (QED) is 0.233. The number of anilines is 1. The van der Waals surface area contributed by atoms with Gasteiger partial charge in [0.05, 0.1) is 24.8 Å². The summed E-state index contributed by atoms with van der Waals surface area (Å²) in [5.41, 5.74) is 0.686. The molecule has 0 aliphatic carbocycles. The van der Waals surface area contributed by atoms with Crippen molar-refractivity contribution in [3.05, 3.63) is 53.3 Å². The second kappa shape index (κ2) is 12.8. The van der Waals surface area contributed by atoms with Crippen LogP contribution in [0.1, 0.15) is 33.1 Å². The zero-order valence-electron chi connectivity index (χ0n) is 25.8. The van der Waals surface area contributed by atoms with Gasteiger partial charge in [-0.1, -0.05) is 35.9 Å². The van der Waals surface area contributed by atoms with E-state index in [1.165, 1.54) is 6.07 Å². The van der Waals surface area contributed by atoms with Crippen LogP contribution in [-0.2, 0) is 14.3 Å². The Bertz CT molecular complexity index is 1760. The molecule has 3 unspecified atom stereocenters. The maximum atomic E-state index is 16.8. The van der Waals surface area contributed by atoms with Crippen LogP contribution in [0.4, 0.5) is 10.2 Å². The number of carbonyl (C=O) groups excluding carboxylic acids is 1. The van der Waals surface area contributed by atoms with Gasteiger partial charge in [0.1, 0.15) is 17.1 Å². The molecule has 3 aliphatic heterocycles. The van der Waals surface area contributed by atoms with Crippen molar-refractivity contribution in [3.8, 4) is 22.9 Å². The smallest absolute Gasteiger partial charge is 0.319 e. The van der Waals surface area contributed by atoms with Crippen LogP contribution < -0.4 is 15.0 Å². The minimum absolute atomic E-state index is 0.00366. The molecule has 0 amide bonds. The molecule has 1 aromatic heterocycles. The minimum atomic E-state index is -0.622. The average Bonchev–Trinajstić information content (AvgIpc) is 3.37. The number of morpholine rings is 1. The first kappa shape index (κ1) is 30.9. The maximum absolute atomic E-state index is 16.8. The number of phenolic OH excluding ortho intramolecular Hbond substituents is 1. The molecule has 7 rings (SSSR count). The molecule has 0 radical (unpaired) electrons. The number of aromatic hydroxyl groups is 1. The van der Waals surface area contributed by atoms with E-state index in [4.69, 9.17) is 30.8 Å². The molecular weight excluding hydrogens is 613 g/mol. The summed E-state index contributed by atoms with van der Waals surface area (Å²) in [6.45, 7) is 7.13. The number of nitrogens with one attached hydrogen (secondary N) is 1. The van der Waals surface area contributed by atoms with E-state index in [1.54, 1.807) is 12.1 Å². The summed E-state index contributed by atoms with van der Waals surface area (Å²) < 4.78 is 34.1. The lowest BCUT2D eigenvalue weighted by Gasteiger charge is -2.42. The second-order valence-corrected chi connectivity index (χ2v) is 12.9. The van der Waals surface area contributed by atoms with Crippen molar-refractivity contribution >= 4 is 45.6 Å². The van der Waals surface area contributed by atoms with Gasteiger partial charge in [0.2, 0.25) is 0 Å². The number of benzene rings is 3. The largest absolute Gasteiger partial charge is 0.508 e. The molecule has 5 atom stereocenters. The molecule has 4 heterocycles. The van der Waals surface area contributed by atoms with E-state index < -0.39 is 12.0 Å². The summed E-state index contributed by atoms with van der Waals surface area (Å²) in [5, 5.41) is 16.3. The van der Waals surface area contributed by atoms with Gasteiger partial charge in [0.15, 0.2) is 12.0 Å². The first-order valence-corrected chi connectivity index (χ1v) is 16.2. The van der Waals surface area contributed by atoms with Crippen LogP contribution in [0.3, 0.4) is 0 Å². The second-order valence-electron chi connectivity index (χ2n) is 12.5. The standard InChI is InChI=1S/C34H37ClFN5O5/c1-19-16-44-17-20(2)41(19)29(46-18-42)9-10-45-34-38-32-27(33(39-34)40-14-22-7-8-23(15-40)37-22)13-28(35)30(31(32)36)26-12-24(43)11-21-5-3-4-6-25(21)26/h3-6,11-13,18-20,22-23,29,37,43H,7-10,14-17H2,1-2H3/t19-,20-,22?,23?,29?/m0/s1. The summed E-state index contributed by atoms with van der Waals surface area (Å²) >= 11 is 6.87. The Kier molecular flexibility index (Phi) is 8.58. The van der Waals surface area contributed by atoms with E-state index in [9.17, 15) is 9.90 Å². The Balaban J connectivity index is 1.28. The highest BCUT2D eigenvalue weighted by molar-refractivity contribution is 6.35. The number of piperazine rings is 1.